The van der Waals surface area contributed by atoms with Crippen LogP contribution in [0.4, 0.5) is 10.1 Å². The lowest BCUT2D eigenvalue weighted by atomic mass is 10.2. The maximum Gasteiger partial charge on any atom is 0.329 e. The second kappa shape index (κ2) is 13.0. The van der Waals surface area contributed by atoms with E-state index >= 15 is 0 Å². The monoisotopic (exact) mass is 579 g/mol. The van der Waals surface area contributed by atoms with Crippen molar-refractivity contribution >= 4 is 35.3 Å². The summed E-state index contributed by atoms with van der Waals surface area (Å²) in [5, 5.41) is 6.47. The fraction of sp³-hybridized carbons (Fsp3) is 0.172. The largest absolute Gasteiger partial charge is 0.490 e. The summed E-state index contributed by atoms with van der Waals surface area (Å²) in [4.78, 5) is 37.9. The first kappa shape index (κ1) is 29.1. The second-order valence-corrected chi connectivity index (χ2v) is 9.16. The van der Waals surface area contributed by atoms with Crippen LogP contribution in [0.3, 0.4) is 0 Å². The molecule has 0 aliphatic carbocycles. The zero-order chi connectivity index (χ0) is 29.5. The molecule has 12 heteroatoms. The fourth-order valence-corrected chi connectivity index (χ4v) is 4.11. The van der Waals surface area contributed by atoms with Crippen LogP contribution in [-0.2, 0) is 23.2 Å². The summed E-state index contributed by atoms with van der Waals surface area (Å²) in [6, 6.07) is 17.9. The highest BCUT2D eigenvalue weighted by molar-refractivity contribution is 6.39. The number of hydrazone groups is 1. The summed E-state index contributed by atoms with van der Waals surface area (Å²) in [5.41, 5.74) is 3.89. The quantitative estimate of drug-likeness (QED) is 0.174. The van der Waals surface area contributed by atoms with Gasteiger partial charge in [0, 0.05) is 12.6 Å². The van der Waals surface area contributed by atoms with Crippen molar-refractivity contribution in [1.82, 2.24) is 14.8 Å². The molecule has 4 rings (SSSR count). The number of carbonyl (C=O) groups is 2. The molecule has 0 radical (unpaired) electrons. The molecule has 2 amide bonds. The van der Waals surface area contributed by atoms with Crippen molar-refractivity contribution in [3.63, 3.8) is 0 Å². The molecule has 0 bridgehead atoms. The van der Waals surface area contributed by atoms with Gasteiger partial charge < -0.3 is 14.8 Å². The number of benzene rings is 3. The smallest absolute Gasteiger partial charge is 0.329 e. The summed E-state index contributed by atoms with van der Waals surface area (Å²) in [6.45, 7) is 3.92. The Morgan fingerprint density at radius 3 is 2.49 bits per heavy atom. The lowest BCUT2D eigenvalue weighted by Gasteiger charge is -2.13. The van der Waals surface area contributed by atoms with Crippen molar-refractivity contribution in [2.75, 3.05) is 11.9 Å². The van der Waals surface area contributed by atoms with E-state index in [2.05, 4.69) is 15.8 Å². The number of ether oxygens (including phenoxy) is 2. The molecule has 0 unspecified atom stereocenters. The SMILES string of the molecule is CCOc1cc(C=NNC(=O)C(=O)Nc2c(C)n(C)n(-c3ccccc3)c2=O)ccc1OCc1ccc(F)cc1Cl. The zero-order valence-electron chi connectivity index (χ0n) is 22.5. The van der Waals surface area contributed by atoms with E-state index in [1.54, 1.807) is 61.1 Å². The van der Waals surface area contributed by atoms with Crippen LogP contribution in [0.1, 0.15) is 23.7 Å². The number of nitrogens with one attached hydrogen (secondary N) is 2. The normalized spacial score (nSPS) is 11.0. The van der Waals surface area contributed by atoms with Crippen LogP contribution in [0, 0.1) is 12.7 Å². The topological polar surface area (TPSA) is 116 Å². The molecule has 0 aliphatic rings. The van der Waals surface area contributed by atoms with Crippen molar-refractivity contribution < 1.29 is 23.5 Å². The molecule has 1 heterocycles. The van der Waals surface area contributed by atoms with Gasteiger partial charge in [-0.3, -0.25) is 19.1 Å². The van der Waals surface area contributed by atoms with Crippen LogP contribution in [0.2, 0.25) is 5.02 Å². The van der Waals surface area contributed by atoms with E-state index in [-0.39, 0.29) is 17.3 Å². The molecular weight excluding hydrogens is 553 g/mol. The molecule has 0 fully saturated rings. The van der Waals surface area contributed by atoms with Crippen molar-refractivity contribution in [1.29, 1.82) is 0 Å². The highest BCUT2D eigenvalue weighted by atomic mass is 35.5. The number of amides is 2. The van der Waals surface area contributed by atoms with Crippen LogP contribution in [0.15, 0.2) is 76.6 Å². The molecule has 1 aromatic heterocycles. The molecule has 0 saturated carbocycles. The molecule has 0 saturated heterocycles. The molecule has 3 aromatic carbocycles. The summed E-state index contributed by atoms with van der Waals surface area (Å²) >= 11 is 6.07. The molecule has 212 valence electrons. The van der Waals surface area contributed by atoms with Gasteiger partial charge in [-0.1, -0.05) is 35.9 Å². The van der Waals surface area contributed by atoms with Gasteiger partial charge >= 0.3 is 11.8 Å². The minimum absolute atomic E-state index is 0.0145. The molecule has 10 nitrogen and oxygen atoms in total. The third-order valence-corrected chi connectivity index (χ3v) is 6.40. The van der Waals surface area contributed by atoms with E-state index in [0.717, 1.165) is 0 Å². The van der Waals surface area contributed by atoms with Crippen LogP contribution in [0.25, 0.3) is 5.69 Å². The number of para-hydroxylation sites is 1. The molecule has 0 atom stereocenters. The van der Waals surface area contributed by atoms with E-state index in [4.69, 9.17) is 21.1 Å². The Kier molecular flexibility index (Phi) is 9.20. The van der Waals surface area contributed by atoms with E-state index in [1.165, 1.54) is 29.1 Å². The highest BCUT2D eigenvalue weighted by Crippen LogP contribution is 2.30. The number of anilines is 1. The lowest BCUT2D eigenvalue weighted by molar-refractivity contribution is -0.136. The van der Waals surface area contributed by atoms with Gasteiger partial charge in [-0.2, -0.15) is 5.10 Å². The predicted molar refractivity (Wildman–Crippen MR) is 153 cm³/mol. The molecule has 0 spiro atoms. The van der Waals surface area contributed by atoms with Crippen LogP contribution >= 0.6 is 11.6 Å². The first-order chi connectivity index (χ1) is 19.7. The van der Waals surface area contributed by atoms with Crippen molar-refractivity contribution in [3.05, 3.63) is 105 Å². The van der Waals surface area contributed by atoms with Gasteiger partial charge in [-0.15, -0.1) is 0 Å². The average molecular weight is 580 g/mol. The molecule has 41 heavy (non-hydrogen) atoms. The Labute approximate surface area is 239 Å². The van der Waals surface area contributed by atoms with Gasteiger partial charge in [0.05, 0.1) is 29.2 Å². The number of nitrogens with zero attached hydrogens (tertiary/aromatic N) is 3. The van der Waals surface area contributed by atoms with Crippen molar-refractivity contribution in [3.8, 4) is 17.2 Å². The van der Waals surface area contributed by atoms with Crippen molar-refractivity contribution in [2.24, 2.45) is 12.1 Å². The summed E-state index contributed by atoms with van der Waals surface area (Å²) in [6.07, 6.45) is 1.32. The summed E-state index contributed by atoms with van der Waals surface area (Å²) < 4.78 is 27.7. The maximum absolute atomic E-state index is 13.3. The van der Waals surface area contributed by atoms with Crippen LogP contribution in [-0.4, -0.2) is 34.0 Å². The Bertz CT molecular complexity index is 1670. The van der Waals surface area contributed by atoms with E-state index in [0.29, 0.717) is 40.6 Å². The number of aromatic nitrogens is 2. The summed E-state index contributed by atoms with van der Waals surface area (Å²) in [7, 11) is 1.68. The second-order valence-electron chi connectivity index (χ2n) is 8.75. The zero-order valence-corrected chi connectivity index (χ0v) is 23.2. The molecule has 2 N–H and O–H groups in total. The number of halogens is 2. The fourth-order valence-electron chi connectivity index (χ4n) is 3.89. The number of hydrogen-bond acceptors (Lipinski definition) is 6. The van der Waals surface area contributed by atoms with Crippen LogP contribution < -0.4 is 25.8 Å². The van der Waals surface area contributed by atoms with Gasteiger partial charge in [-0.05, 0) is 61.9 Å². The van der Waals surface area contributed by atoms with Gasteiger partial charge in [0.25, 0.3) is 5.56 Å². The number of rotatable bonds is 9. The Morgan fingerprint density at radius 1 is 1.02 bits per heavy atom. The Morgan fingerprint density at radius 2 is 1.78 bits per heavy atom. The van der Waals surface area contributed by atoms with Crippen molar-refractivity contribution in [2.45, 2.75) is 20.5 Å². The van der Waals surface area contributed by atoms with Gasteiger partial charge in [0.15, 0.2) is 11.5 Å². The lowest BCUT2D eigenvalue weighted by Crippen LogP contribution is -2.34. The van der Waals surface area contributed by atoms with E-state index in [1.807, 2.05) is 13.0 Å². The minimum Gasteiger partial charge on any atom is -0.490 e. The first-order valence-electron chi connectivity index (χ1n) is 12.5. The van der Waals surface area contributed by atoms with Gasteiger partial charge in [-0.25, -0.2) is 14.5 Å². The number of hydrogen-bond donors (Lipinski definition) is 2. The maximum atomic E-state index is 13.3. The molecule has 4 aromatic rings. The van der Waals surface area contributed by atoms with Crippen LogP contribution in [0.5, 0.6) is 11.5 Å². The molecular formula is C29H27ClFN5O5. The minimum atomic E-state index is -1.06. The van der Waals surface area contributed by atoms with Gasteiger partial charge in [0.2, 0.25) is 0 Å². The van der Waals surface area contributed by atoms with Gasteiger partial charge in [0.1, 0.15) is 18.1 Å². The van der Waals surface area contributed by atoms with E-state index in [9.17, 15) is 18.8 Å². The standard InChI is InChI=1S/C29H27ClFN5O5/c1-4-40-25-14-19(10-13-24(25)41-17-20-11-12-21(31)15-23(20)30)16-32-34-28(38)27(37)33-26-18(2)35(3)36(29(26)39)22-8-6-5-7-9-22/h5-16H,4,17H2,1-3H3,(H,33,37)(H,34,38). The van der Waals surface area contributed by atoms with E-state index < -0.39 is 23.2 Å². The highest BCUT2D eigenvalue weighted by Gasteiger charge is 2.21. The Hall–Kier alpha value is -4.90. The average Bonchev–Trinajstić information content (AvgIpc) is 3.16. The Balaban J connectivity index is 1.40. The summed E-state index contributed by atoms with van der Waals surface area (Å²) in [5.74, 6) is -1.72. The number of carbonyl (C=O) groups excluding carboxylic acids is 2. The predicted octanol–water partition coefficient (Wildman–Crippen LogP) is 4.34. The first-order valence-corrected chi connectivity index (χ1v) is 12.9. The molecule has 0 aliphatic heterocycles. The third-order valence-electron chi connectivity index (χ3n) is 6.04. The third kappa shape index (κ3) is 6.82.